The molecule has 0 aliphatic heterocycles. The zero-order valence-electron chi connectivity index (χ0n) is 12.0. The summed E-state index contributed by atoms with van der Waals surface area (Å²) in [4.78, 5) is 11.8. The first-order valence-corrected chi connectivity index (χ1v) is 7.39. The van der Waals surface area contributed by atoms with Crippen molar-refractivity contribution < 1.29 is 4.79 Å². The summed E-state index contributed by atoms with van der Waals surface area (Å²) in [5, 5.41) is 10.4. The van der Waals surface area contributed by atoms with E-state index in [0.717, 1.165) is 24.3 Å². The van der Waals surface area contributed by atoms with E-state index in [0.29, 0.717) is 12.5 Å². The van der Waals surface area contributed by atoms with Crippen LogP contribution in [0.25, 0.3) is 0 Å². The summed E-state index contributed by atoms with van der Waals surface area (Å²) in [7, 11) is 0. The highest BCUT2D eigenvalue weighted by molar-refractivity contribution is 5.90. The lowest BCUT2D eigenvalue weighted by Gasteiger charge is -2.07. The van der Waals surface area contributed by atoms with Crippen molar-refractivity contribution in [1.82, 2.24) is 15.1 Å². The van der Waals surface area contributed by atoms with Gasteiger partial charge in [-0.3, -0.25) is 9.48 Å². The molecule has 5 nitrogen and oxygen atoms in total. The minimum Gasteiger partial charge on any atom is -0.326 e. The van der Waals surface area contributed by atoms with E-state index < -0.39 is 0 Å². The van der Waals surface area contributed by atoms with Gasteiger partial charge in [-0.05, 0) is 36.6 Å². The van der Waals surface area contributed by atoms with Crippen LogP contribution in [-0.4, -0.2) is 28.3 Å². The number of aromatic nitrogens is 2. The third-order valence-corrected chi connectivity index (χ3v) is 3.50. The first-order chi connectivity index (χ1) is 10.3. The Balaban J connectivity index is 1.45. The molecule has 0 saturated heterocycles. The maximum Gasteiger partial charge on any atom is 0.225 e. The number of hydrogen-bond donors (Lipinski definition) is 2. The summed E-state index contributed by atoms with van der Waals surface area (Å²) in [6.45, 7) is 1.50. The molecule has 1 saturated carbocycles. The Morgan fingerprint density at radius 2 is 2.10 bits per heavy atom. The fourth-order valence-electron chi connectivity index (χ4n) is 2.18. The Labute approximate surface area is 124 Å². The number of benzene rings is 1. The lowest BCUT2D eigenvalue weighted by molar-refractivity contribution is -0.116. The second-order valence-corrected chi connectivity index (χ2v) is 5.43. The number of carbonyl (C=O) groups excluding carboxylic acids is 1. The van der Waals surface area contributed by atoms with Crippen LogP contribution < -0.4 is 10.6 Å². The third kappa shape index (κ3) is 4.43. The van der Waals surface area contributed by atoms with Gasteiger partial charge in [0.15, 0.2) is 0 Å². The Bertz CT molecular complexity index is 573. The van der Waals surface area contributed by atoms with Crippen LogP contribution in [-0.2, 0) is 11.3 Å². The van der Waals surface area contributed by atoms with E-state index in [9.17, 15) is 4.79 Å². The van der Waals surface area contributed by atoms with Crippen LogP contribution in [0.3, 0.4) is 0 Å². The Morgan fingerprint density at radius 3 is 2.76 bits per heavy atom. The van der Waals surface area contributed by atoms with Gasteiger partial charge in [-0.15, -0.1) is 0 Å². The Hall–Kier alpha value is -2.14. The lowest BCUT2D eigenvalue weighted by Crippen LogP contribution is -2.23. The first-order valence-electron chi connectivity index (χ1n) is 7.39. The molecule has 1 fully saturated rings. The minimum atomic E-state index is 0.0583. The topological polar surface area (TPSA) is 59.0 Å². The van der Waals surface area contributed by atoms with Gasteiger partial charge in [-0.1, -0.05) is 12.1 Å². The van der Waals surface area contributed by atoms with E-state index in [1.54, 1.807) is 6.20 Å². The minimum absolute atomic E-state index is 0.0583. The molecule has 0 spiro atoms. The SMILES string of the molecule is O=C(CCNC1CC1)Nc1ccc(Cn2cccn2)cc1. The van der Waals surface area contributed by atoms with Crippen LogP contribution in [0.2, 0.25) is 0 Å². The smallest absolute Gasteiger partial charge is 0.225 e. The molecule has 0 bridgehead atoms. The maximum atomic E-state index is 11.8. The second kappa shape index (κ2) is 6.54. The summed E-state index contributed by atoms with van der Waals surface area (Å²) < 4.78 is 1.87. The summed E-state index contributed by atoms with van der Waals surface area (Å²) in [5.41, 5.74) is 2.00. The number of anilines is 1. The van der Waals surface area contributed by atoms with E-state index in [-0.39, 0.29) is 5.91 Å². The van der Waals surface area contributed by atoms with Gasteiger partial charge in [0, 0.05) is 37.1 Å². The molecule has 2 aromatic rings. The van der Waals surface area contributed by atoms with Crippen molar-refractivity contribution in [3.05, 3.63) is 48.3 Å². The van der Waals surface area contributed by atoms with Crippen LogP contribution in [0, 0.1) is 0 Å². The van der Waals surface area contributed by atoms with Crippen LogP contribution >= 0.6 is 0 Å². The quantitative estimate of drug-likeness (QED) is 0.817. The van der Waals surface area contributed by atoms with E-state index in [4.69, 9.17) is 0 Å². The molecule has 0 radical (unpaired) electrons. The van der Waals surface area contributed by atoms with Crippen molar-refractivity contribution in [3.63, 3.8) is 0 Å². The number of nitrogens with one attached hydrogen (secondary N) is 2. The number of rotatable bonds is 7. The van der Waals surface area contributed by atoms with Gasteiger partial charge in [0.2, 0.25) is 5.91 Å². The van der Waals surface area contributed by atoms with E-state index in [1.165, 1.54) is 12.8 Å². The first kappa shape index (κ1) is 13.8. The average Bonchev–Trinajstić information content (AvgIpc) is 3.16. The van der Waals surface area contributed by atoms with Gasteiger partial charge in [0.25, 0.3) is 0 Å². The highest BCUT2D eigenvalue weighted by atomic mass is 16.1. The van der Waals surface area contributed by atoms with Crippen molar-refractivity contribution in [1.29, 1.82) is 0 Å². The molecule has 3 rings (SSSR count). The molecular weight excluding hydrogens is 264 g/mol. The molecule has 1 heterocycles. The molecule has 0 unspecified atom stereocenters. The zero-order valence-corrected chi connectivity index (χ0v) is 12.0. The van der Waals surface area contributed by atoms with Crippen molar-refractivity contribution >= 4 is 11.6 Å². The van der Waals surface area contributed by atoms with Crippen molar-refractivity contribution in [3.8, 4) is 0 Å². The number of nitrogens with zero attached hydrogens (tertiary/aromatic N) is 2. The molecular formula is C16H20N4O. The predicted molar refractivity (Wildman–Crippen MR) is 82.0 cm³/mol. The highest BCUT2D eigenvalue weighted by Crippen LogP contribution is 2.18. The molecule has 1 aromatic carbocycles. The molecule has 21 heavy (non-hydrogen) atoms. The third-order valence-electron chi connectivity index (χ3n) is 3.50. The molecule has 1 aromatic heterocycles. The number of amides is 1. The summed E-state index contributed by atoms with van der Waals surface area (Å²) >= 11 is 0. The fraction of sp³-hybridized carbons (Fsp3) is 0.375. The lowest BCUT2D eigenvalue weighted by atomic mass is 10.2. The van der Waals surface area contributed by atoms with Crippen molar-refractivity contribution in [2.24, 2.45) is 0 Å². The standard InChI is InChI=1S/C16H20N4O/c21-16(8-10-17-14-6-7-14)19-15-4-2-13(3-5-15)12-20-11-1-9-18-20/h1-5,9,11,14,17H,6-8,10,12H2,(H,19,21). The maximum absolute atomic E-state index is 11.8. The normalized spacial score (nSPS) is 14.1. The molecule has 1 aliphatic rings. The van der Waals surface area contributed by atoms with Gasteiger partial charge < -0.3 is 10.6 Å². The predicted octanol–water partition coefficient (Wildman–Crippen LogP) is 2.01. The monoisotopic (exact) mass is 284 g/mol. The Kier molecular flexibility index (Phi) is 4.31. The van der Waals surface area contributed by atoms with Crippen LogP contribution in [0.4, 0.5) is 5.69 Å². The summed E-state index contributed by atoms with van der Waals surface area (Å²) in [6.07, 6.45) is 6.72. The van der Waals surface area contributed by atoms with Crippen molar-refractivity contribution in [2.45, 2.75) is 31.8 Å². The van der Waals surface area contributed by atoms with Gasteiger partial charge in [0.05, 0.1) is 6.54 Å². The number of carbonyl (C=O) groups is 1. The van der Waals surface area contributed by atoms with Crippen LogP contribution in [0.5, 0.6) is 0 Å². The van der Waals surface area contributed by atoms with Gasteiger partial charge >= 0.3 is 0 Å². The summed E-state index contributed by atoms with van der Waals surface area (Å²) in [5.74, 6) is 0.0583. The van der Waals surface area contributed by atoms with Crippen LogP contribution in [0.1, 0.15) is 24.8 Å². The molecule has 1 amide bonds. The van der Waals surface area contributed by atoms with Gasteiger partial charge in [-0.25, -0.2) is 0 Å². The second-order valence-electron chi connectivity index (χ2n) is 5.43. The Morgan fingerprint density at radius 1 is 1.29 bits per heavy atom. The number of hydrogen-bond acceptors (Lipinski definition) is 3. The summed E-state index contributed by atoms with van der Waals surface area (Å²) in [6, 6.07) is 10.5. The fourth-order valence-corrected chi connectivity index (χ4v) is 2.18. The van der Waals surface area contributed by atoms with Gasteiger partial charge in [-0.2, -0.15) is 5.10 Å². The molecule has 1 aliphatic carbocycles. The molecule has 0 atom stereocenters. The largest absolute Gasteiger partial charge is 0.326 e. The molecule has 110 valence electrons. The molecule has 2 N–H and O–H groups in total. The molecule has 5 heteroatoms. The van der Waals surface area contributed by atoms with Crippen LogP contribution in [0.15, 0.2) is 42.7 Å². The zero-order chi connectivity index (χ0) is 14.5. The van der Waals surface area contributed by atoms with Crippen molar-refractivity contribution in [2.75, 3.05) is 11.9 Å². The average molecular weight is 284 g/mol. The van der Waals surface area contributed by atoms with E-state index in [1.807, 2.05) is 41.2 Å². The van der Waals surface area contributed by atoms with Gasteiger partial charge in [0.1, 0.15) is 0 Å². The van der Waals surface area contributed by atoms with E-state index >= 15 is 0 Å². The van der Waals surface area contributed by atoms with E-state index in [2.05, 4.69) is 15.7 Å². The highest BCUT2D eigenvalue weighted by Gasteiger charge is 2.20.